The molecular weight excluding hydrogens is 456 g/mol. The second-order valence-electron chi connectivity index (χ2n) is 8.69. The SMILES string of the molecule is Cc1ccn2c(NC(=O)c3ccc(Cn4nc(C)c([N+](=O)[O-])c4C)cc3)c(-c3ccccc3)nc2c1. The van der Waals surface area contributed by atoms with Crippen LogP contribution in [-0.4, -0.2) is 30.0 Å². The smallest absolute Gasteiger partial charge is 0.306 e. The van der Waals surface area contributed by atoms with Crippen molar-refractivity contribution in [3.63, 3.8) is 0 Å². The second-order valence-corrected chi connectivity index (χ2v) is 8.69. The molecule has 1 amide bonds. The lowest BCUT2D eigenvalue weighted by molar-refractivity contribution is -0.386. The number of aromatic nitrogens is 4. The van der Waals surface area contributed by atoms with Crippen LogP contribution in [0, 0.1) is 30.9 Å². The largest absolute Gasteiger partial charge is 0.312 e. The van der Waals surface area contributed by atoms with Crippen LogP contribution >= 0.6 is 0 Å². The van der Waals surface area contributed by atoms with Gasteiger partial charge in [-0.05, 0) is 56.2 Å². The van der Waals surface area contributed by atoms with Gasteiger partial charge >= 0.3 is 5.69 Å². The zero-order chi connectivity index (χ0) is 25.4. The van der Waals surface area contributed by atoms with Gasteiger partial charge in [0.15, 0.2) is 0 Å². The summed E-state index contributed by atoms with van der Waals surface area (Å²) in [5, 5.41) is 18.6. The van der Waals surface area contributed by atoms with E-state index in [0.29, 0.717) is 35.0 Å². The maximum Gasteiger partial charge on any atom is 0.312 e. The van der Waals surface area contributed by atoms with Crippen molar-refractivity contribution in [2.75, 3.05) is 5.32 Å². The summed E-state index contributed by atoms with van der Waals surface area (Å²) in [6.07, 6.45) is 1.90. The molecule has 2 aromatic carbocycles. The molecule has 0 fully saturated rings. The zero-order valence-corrected chi connectivity index (χ0v) is 20.1. The molecule has 5 rings (SSSR count). The molecule has 0 saturated heterocycles. The first-order chi connectivity index (χ1) is 17.3. The van der Waals surface area contributed by atoms with Crippen LogP contribution in [0.1, 0.15) is 32.9 Å². The van der Waals surface area contributed by atoms with Crippen LogP contribution in [0.25, 0.3) is 16.9 Å². The van der Waals surface area contributed by atoms with Gasteiger partial charge in [0.05, 0.1) is 11.5 Å². The minimum absolute atomic E-state index is 0.0310. The number of imidazole rings is 1. The highest BCUT2D eigenvalue weighted by molar-refractivity contribution is 6.05. The summed E-state index contributed by atoms with van der Waals surface area (Å²) in [6, 6.07) is 20.8. The molecule has 0 atom stereocenters. The lowest BCUT2D eigenvalue weighted by Gasteiger charge is -2.09. The first kappa shape index (κ1) is 23.0. The Morgan fingerprint density at radius 2 is 1.75 bits per heavy atom. The van der Waals surface area contributed by atoms with Gasteiger partial charge in [0, 0.05) is 17.3 Å². The molecule has 3 heterocycles. The third kappa shape index (κ3) is 4.22. The van der Waals surface area contributed by atoms with Crippen molar-refractivity contribution >= 4 is 23.1 Å². The summed E-state index contributed by atoms with van der Waals surface area (Å²) in [7, 11) is 0. The molecule has 0 aliphatic carbocycles. The van der Waals surface area contributed by atoms with Crippen LogP contribution in [0.3, 0.4) is 0 Å². The van der Waals surface area contributed by atoms with Gasteiger partial charge in [0.1, 0.15) is 28.5 Å². The number of carbonyl (C=O) groups is 1. The predicted molar refractivity (Wildman–Crippen MR) is 137 cm³/mol. The van der Waals surface area contributed by atoms with Crippen LogP contribution in [0.15, 0.2) is 72.9 Å². The van der Waals surface area contributed by atoms with Gasteiger partial charge in [-0.25, -0.2) is 4.98 Å². The summed E-state index contributed by atoms with van der Waals surface area (Å²) in [5.41, 5.74) is 5.69. The van der Waals surface area contributed by atoms with Crippen molar-refractivity contribution in [2.45, 2.75) is 27.3 Å². The molecule has 0 saturated carbocycles. The molecule has 9 nitrogen and oxygen atoms in total. The Hall–Kier alpha value is -4.79. The monoisotopic (exact) mass is 480 g/mol. The lowest BCUT2D eigenvalue weighted by Crippen LogP contribution is -2.14. The Bertz CT molecular complexity index is 1600. The number of fused-ring (bicyclic) bond motifs is 1. The normalized spacial score (nSPS) is 11.1. The molecule has 3 aromatic heterocycles. The summed E-state index contributed by atoms with van der Waals surface area (Å²) in [5.74, 6) is 0.336. The molecule has 0 aliphatic heterocycles. The number of aryl methyl sites for hydroxylation is 2. The number of carbonyl (C=O) groups excluding carboxylic acids is 1. The van der Waals surface area contributed by atoms with E-state index in [0.717, 1.165) is 22.3 Å². The Morgan fingerprint density at radius 3 is 2.42 bits per heavy atom. The van der Waals surface area contributed by atoms with Gasteiger partial charge in [0.25, 0.3) is 5.91 Å². The number of nitrogens with one attached hydrogen (secondary N) is 1. The number of rotatable bonds is 6. The third-order valence-corrected chi connectivity index (χ3v) is 6.14. The molecule has 0 radical (unpaired) electrons. The standard InChI is InChI=1S/C27H24N6O3/c1-17-13-14-31-23(15-17)28-24(21-7-5-4-6-8-21)26(31)29-27(34)22-11-9-20(10-12-22)16-32-19(3)25(33(35)36)18(2)30-32/h4-15H,16H2,1-3H3,(H,29,34). The van der Waals surface area contributed by atoms with Crippen molar-refractivity contribution in [3.8, 4) is 11.3 Å². The van der Waals surface area contributed by atoms with Gasteiger partial charge in [-0.1, -0.05) is 42.5 Å². The quantitative estimate of drug-likeness (QED) is 0.261. The first-order valence-corrected chi connectivity index (χ1v) is 11.4. The fraction of sp³-hybridized carbons (Fsp3) is 0.148. The maximum absolute atomic E-state index is 13.2. The average Bonchev–Trinajstić information content (AvgIpc) is 3.35. The topological polar surface area (TPSA) is 107 Å². The van der Waals surface area contributed by atoms with E-state index in [1.807, 2.05) is 72.1 Å². The van der Waals surface area contributed by atoms with E-state index in [1.165, 1.54) is 0 Å². The minimum atomic E-state index is -0.410. The first-order valence-electron chi connectivity index (χ1n) is 11.4. The Balaban J connectivity index is 1.41. The van der Waals surface area contributed by atoms with Crippen LogP contribution < -0.4 is 5.32 Å². The second kappa shape index (κ2) is 9.10. The number of hydrogen-bond acceptors (Lipinski definition) is 5. The number of hydrogen-bond donors (Lipinski definition) is 1. The number of pyridine rings is 1. The van der Waals surface area contributed by atoms with E-state index in [9.17, 15) is 14.9 Å². The van der Waals surface area contributed by atoms with Crippen LogP contribution in [0.5, 0.6) is 0 Å². The fourth-order valence-electron chi connectivity index (χ4n) is 4.28. The van der Waals surface area contributed by atoms with E-state index in [2.05, 4.69) is 10.4 Å². The maximum atomic E-state index is 13.2. The minimum Gasteiger partial charge on any atom is -0.306 e. The van der Waals surface area contributed by atoms with Gasteiger partial charge in [-0.2, -0.15) is 5.10 Å². The van der Waals surface area contributed by atoms with Gasteiger partial charge in [-0.3, -0.25) is 24.0 Å². The van der Waals surface area contributed by atoms with Crippen LogP contribution in [0.4, 0.5) is 11.5 Å². The molecule has 0 unspecified atom stereocenters. The molecule has 9 heteroatoms. The Kier molecular flexibility index (Phi) is 5.81. The van der Waals surface area contributed by atoms with Crippen molar-refractivity contribution < 1.29 is 9.72 Å². The highest BCUT2D eigenvalue weighted by atomic mass is 16.6. The van der Waals surface area contributed by atoms with Crippen LogP contribution in [0.2, 0.25) is 0 Å². The Labute approximate surface area is 207 Å². The molecule has 0 bridgehead atoms. The van der Waals surface area contributed by atoms with E-state index >= 15 is 0 Å². The number of anilines is 1. The summed E-state index contributed by atoms with van der Waals surface area (Å²) in [4.78, 5) is 28.8. The van der Waals surface area contributed by atoms with Gasteiger partial charge in [-0.15, -0.1) is 0 Å². The van der Waals surface area contributed by atoms with E-state index in [1.54, 1.807) is 30.7 Å². The molecule has 0 aliphatic rings. The average molecular weight is 481 g/mol. The summed E-state index contributed by atoms with van der Waals surface area (Å²) < 4.78 is 3.48. The fourth-order valence-corrected chi connectivity index (χ4v) is 4.28. The highest BCUT2D eigenvalue weighted by Gasteiger charge is 2.22. The van der Waals surface area contributed by atoms with Crippen molar-refractivity contribution in [1.29, 1.82) is 0 Å². The molecular formula is C27H24N6O3. The lowest BCUT2D eigenvalue weighted by atomic mass is 10.1. The number of nitrogens with zero attached hydrogens (tertiary/aromatic N) is 5. The van der Waals surface area contributed by atoms with Crippen molar-refractivity contribution in [1.82, 2.24) is 19.2 Å². The zero-order valence-electron chi connectivity index (χ0n) is 20.1. The van der Waals surface area contributed by atoms with E-state index < -0.39 is 4.92 Å². The molecule has 1 N–H and O–H groups in total. The number of benzene rings is 2. The van der Waals surface area contributed by atoms with Gasteiger partial charge in [0.2, 0.25) is 0 Å². The molecule has 0 spiro atoms. The molecule has 180 valence electrons. The van der Waals surface area contributed by atoms with Crippen molar-refractivity contribution in [3.05, 3.63) is 111 Å². The highest BCUT2D eigenvalue weighted by Crippen LogP contribution is 2.29. The molecule has 36 heavy (non-hydrogen) atoms. The van der Waals surface area contributed by atoms with E-state index in [4.69, 9.17) is 4.98 Å². The number of amides is 1. The summed E-state index contributed by atoms with van der Waals surface area (Å²) >= 11 is 0. The van der Waals surface area contributed by atoms with Crippen molar-refractivity contribution in [2.24, 2.45) is 0 Å². The van der Waals surface area contributed by atoms with Gasteiger partial charge < -0.3 is 5.32 Å². The molecule has 5 aromatic rings. The number of nitro groups is 1. The predicted octanol–water partition coefficient (Wildman–Crippen LogP) is 5.33. The van der Waals surface area contributed by atoms with E-state index in [-0.39, 0.29) is 11.6 Å². The van der Waals surface area contributed by atoms with Crippen LogP contribution in [-0.2, 0) is 6.54 Å². The third-order valence-electron chi connectivity index (χ3n) is 6.14. The summed E-state index contributed by atoms with van der Waals surface area (Å²) in [6.45, 7) is 5.68. The Morgan fingerprint density at radius 1 is 1.03 bits per heavy atom.